The van der Waals surface area contributed by atoms with E-state index >= 15 is 0 Å². The van der Waals surface area contributed by atoms with Gasteiger partial charge in [0.2, 0.25) is 5.82 Å². The first kappa shape index (κ1) is 15.6. The van der Waals surface area contributed by atoms with Gasteiger partial charge in [0, 0.05) is 5.54 Å². The molecule has 2 aromatic rings. The van der Waals surface area contributed by atoms with Gasteiger partial charge in [0.15, 0.2) is 33.9 Å². The lowest BCUT2D eigenvalue weighted by Gasteiger charge is -2.22. The van der Waals surface area contributed by atoms with Gasteiger partial charge in [-0.25, -0.2) is 22.0 Å². The summed E-state index contributed by atoms with van der Waals surface area (Å²) in [6, 6.07) is 0. The van der Waals surface area contributed by atoms with Crippen LogP contribution in [0.25, 0.3) is 11.4 Å². The smallest absolute Gasteiger partial charge is 0.200 e. The molecule has 0 spiro atoms. The summed E-state index contributed by atoms with van der Waals surface area (Å²) < 4.78 is 68.5. The van der Waals surface area contributed by atoms with Gasteiger partial charge in [0.1, 0.15) is 0 Å². The summed E-state index contributed by atoms with van der Waals surface area (Å²) >= 11 is 4.94. The highest BCUT2D eigenvalue weighted by molar-refractivity contribution is 7.71. The Kier molecular flexibility index (Phi) is 3.64. The number of rotatable bonds is 1. The molecule has 9 heteroatoms. The largest absolute Gasteiger partial charge is 0.295 e. The summed E-state index contributed by atoms with van der Waals surface area (Å²) in [4.78, 5) is 0. The number of aromatic nitrogens is 3. The van der Waals surface area contributed by atoms with Crippen LogP contribution in [-0.4, -0.2) is 14.8 Å². The molecule has 0 saturated heterocycles. The van der Waals surface area contributed by atoms with E-state index in [0.717, 1.165) is 0 Å². The van der Waals surface area contributed by atoms with E-state index in [2.05, 4.69) is 10.2 Å². The highest BCUT2D eigenvalue weighted by atomic mass is 32.1. The van der Waals surface area contributed by atoms with Crippen molar-refractivity contribution in [3.05, 3.63) is 33.9 Å². The van der Waals surface area contributed by atoms with Crippen molar-refractivity contribution < 1.29 is 22.0 Å². The number of nitrogens with zero attached hydrogens (tertiary/aromatic N) is 2. The number of hydrogen-bond acceptors (Lipinski definition) is 2. The van der Waals surface area contributed by atoms with Crippen molar-refractivity contribution in [1.82, 2.24) is 14.8 Å². The van der Waals surface area contributed by atoms with E-state index in [1.54, 1.807) is 20.8 Å². The van der Waals surface area contributed by atoms with Crippen LogP contribution in [-0.2, 0) is 5.54 Å². The summed E-state index contributed by atoms with van der Waals surface area (Å²) in [6.45, 7) is 4.94. The van der Waals surface area contributed by atoms with Gasteiger partial charge in [-0.15, -0.1) is 0 Å². The average Bonchev–Trinajstić information content (AvgIpc) is 2.76. The quantitative estimate of drug-likeness (QED) is 0.372. The third kappa shape index (κ3) is 2.35. The lowest BCUT2D eigenvalue weighted by atomic mass is 10.1. The molecule has 114 valence electrons. The van der Waals surface area contributed by atoms with Crippen molar-refractivity contribution in [3.8, 4) is 11.4 Å². The first-order chi connectivity index (χ1) is 9.57. The van der Waals surface area contributed by atoms with Crippen molar-refractivity contribution in [2.24, 2.45) is 0 Å². The Morgan fingerprint density at radius 1 is 0.905 bits per heavy atom. The first-order valence-electron chi connectivity index (χ1n) is 5.77. The summed E-state index contributed by atoms with van der Waals surface area (Å²) in [5.41, 5.74) is -1.90. The molecule has 3 nitrogen and oxygen atoms in total. The molecule has 21 heavy (non-hydrogen) atoms. The Balaban J connectivity index is 2.91. The molecule has 1 heterocycles. The van der Waals surface area contributed by atoms with E-state index in [4.69, 9.17) is 12.2 Å². The fourth-order valence-corrected chi connectivity index (χ4v) is 2.29. The number of benzene rings is 1. The van der Waals surface area contributed by atoms with Crippen LogP contribution in [0, 0.1) is 33.9 Å². The maximum Gasteiger partial charge on any atom is 0.200 e. The predicted molar refractivity (Wildman–Crippen MR) is 67.6 cm³/mol. The number of aromatic amines is 1. The molecule has 0 bridgehead atoms. The second kappa shape index (κ2) is 4.90. The third-order valence-electron chi connectivity index (χ3n) is 2.78. The fraction of sp³-hybridized carbons (Fsp3) is 0.333. The summed E-state index contributed by atoms with van der Waals surface area (Å²) in [7, 11) is 0. The molecule has 1 N–H and O–H groups in total. The minimum atomic E-state index is -2.22. The molecule has 0 unspecified atom stereocenters. The zero-order valence-electron chi connectivity index (χ0n) is 11.2. The topological polar surface area (TPSA) is 33.6 Å². The van der Waals surface area contributed by atoms with Gasteiger partial charge < -0.3 is 0 Å². The zero-order valence-corrected chi connectivity index (χ0v) is 12.0. The van der Waals surface area contributed by atoms with Gasteiger partial charge >= 0.3 is 0 Å². The standard InChI is InChI=1S/C12H10F5N3S/c1-12(2,3)20-10(18-19-11(20)21)4-5(13)7(15)9(17)8(16)6(4)14/h1-3H3,(H,19,21). The maximum atomic E-state index is 13.8. The molecule has 0 radical (unpaired) electrons. The van der Waals surface area contributed by atoms with Gasteiger partial charge in [0.25, 0.3) is 0 Å². The van der Waals surface area contributed by atoms with Crippen LogP contribution in [0.15, 0.2) is 0 Å². The van der Waals surface area contributed by atoms with Crippen LogP contribution in [0.3, 0.4) is 0 Å². The van der Waals surface area contributed by atoms with Crippen molar-refractivity contribution in [2.75, 3.05) is 0 Å². The molecule has 0 aliphatic carbocycles. The Bertz CT molecular complexity index is 743. The van der Waals surface area contributed by atoms with Crippen LogP contribution in [0.5, 0.6) is 0 Å². The minimum absolute atomic E-state index is 0.00133. The highest BCUT2D eigenvalue weighted by Crippen LogP contribution is 2.32. The van der Waals surface area contributed by atoms with Crippen LogP contribution >= 0.6 is 12.2 Å². The van der Waals surface area contributed by atoms with Crippen LogP contribution in [0.2, 0.25) is 0 Å². The summed E-state index contributed by atoms with van der Waals surface area (Å²) in [5.74, 6) is -10.6. The summed E-state index contributed by atoms with van der Waals surface area (Å²) in [5, 5.41) is 5.89. The van der Waals surface area contributed by atoms with Crippen LogP contribution < -0.4 is 0 Å². The number of hydrogen-bond donors (Lipinski definition) is 1. The van der Waals surface area contributed by atoms with Gasteiger partial charge in [-0.3, -0.25) is 9.67 Å². The lowest BCUT2D eigenvalue weighted by Crippen LogP contribution is -2.23. The molecular weight excluding hydrogens is 313 g/mol. The minimum Gasteiger partial charge on any atom is -0.295 e. The van der Waals surface area contributed by atoms with E-state index in [1.807, 2.05) is 0 Å². The van der Waals surface area contributed by atoms with Gasteiger partial charge in [-0.1, -0.05) is 0 Å². The highest BCUT2D eigenvalue weighted by Gasteiger charge is 2.31. The molecule has 0 saturated carbocycles. The second-order valence-electron chi connectivity index (χ2n) is 5.30. The molecular formula is C12H10F5N3S. The number of nitrogens with one attached hydrogen (secondary N) is 1. The first-order valence-corrected chi connectivity index (χ1v) is 6.18. The Morgan fingerprint density at radius 2 is 1.33 bits per heavy atom. The third-order valence-corrected chi connectivity index (χ3v) is 3.05. The predicted octanol–water partition coefficient (Wildman–Crippen LogP) is 4.06. The maximum absolute atomic E-state index is 13.8. The number of H-pyrrole nitrogens is 1. The van der Waals surface area contributed by atoms with Crippen molar-refractivity contribution >= 4 is 12.2 Å². The Labute approximate surface area is 121 Å². The fourth-order valence-electron chi connectivity index (χ4n) is 1.89. The average molecular weight is 323 g/mol. The summed E-state index contributed by atoms with van der Waals surface area (Å²) in [6.07, 6.45) is 0. The Morgan fingerprint density at radius 3 is 1.76 bits per heavy atom. The van der Waals surface area contributed by atoms with Crippen LogP contribution in [0.1, 0.15) is 20.8 Å². The second-order valence-corrected chi connectivity index (χ2v) is 5.69. The van der Waals surface area contributed by atoms with Crippen molar-refractivity contribution in [2.45, 2.75) is 26.3 Å². The number of halogens is 5. The molecule has 1 aromatic carbocycles. The van der Waals surface area contributed by atoms with E-state index in [1.165, 1.54) is 4.57 Å². The zero-order chi connectivity index (χ0) is 16.1. The SMILES string of the molecule is CC(C)(C)n1c(-c2c(F)c(F)c(F)c(F)c2F)n[nH]c1=S. The lowest BCUT2D eigenvalue weighted by molar-refractivity contribution is 0.373. The molecule has 2 rings (SSSR count). The van der Waals surface area contributed by atoms with E-state index in [9.17, 15) is 22.0 Å². The monoisotopic (exact) mass is 323 g/mol. The molecule has 0 amide bonds. The molecule has 0 atom stereocenters. The van der Waals surface area contributed by atoms with E-state index < -0.39 is 46.0 Å². The van der Waals surface area contributed by atoms with E-state index in [-0.39, 0.29) is 4.77 Å². The molecule has 0 aliphatic rings. The van der Waals surface area contributed by atoms with E-state index in [0.29, 0.717) is 0 Å². The molecule has 0 fully saturated rings. The van der Waals surface area contributed by atoms with Crippen molar-refractivity contribution in [1.29, 1.82) is 0 Å². The van der Waals surface area contributed by atoms with Gasteiger partial charge in [-0.2, -0.15) is 5.10 Å². The normalized spacial score (nSPS) is 12.0. The van der Waals surface area contributed by atoms with Gasteiger partial charge in [-0.05, 0) is 33.0 Å². The van der Waals surface area contributed by atoms with Crippen molar-refractivity contribution in [3.63, 3.8) is 0 Å². The van der Waals surface area contributed by atoms with Crippen LogP contribution in [0.4, 0.5) is 22.0 Å². The molecule has 1 aromatic heterocycles. The molecule has 0 aliphatic heterocycles. The van der Waals surface area contributed by atoms with Gasteiger partial charge in [0.05, 0.1) is 5.56 Å². The Hall–Kier alpha value is -1.77.